The quantitative estimate of drug-likeness (QED) is 0.514. The number of nitrogens with zero attached hydrogens (tertiary/aromatic N) is 2. The standard InChI is InChI=1S/C24H20F2N4O2/c1-29-21-8-6-16(12-19(21)28-24(29)32)23(31)27-13-14-5-7-20-15(11-14)9-10-30(20)22-17(25)3-2-4-18(22)26/h2-8,11-12H,9-10,13H2,1H3,(H,27,31)(H,28,32). The minimum atomic E-state index is -0.592. The summed E-state index contributed by atoms with van der Waals surface area (Å²) in [5.41, 5.74) is 4.12. The van der Waals surface area contributed by atoms with E-state index in [-0.39, 0.29) is 17.3 Å². The summed E-state index contributed by atoms with van der Waals surface area (Å²) in [6, 6.07) is 14.5. The van der Waals surface area contributed by atoms with Crippen molar-refractivity contribution in [3.8, 4) is 0 Å². The number of aromatic amines is 1. The van der Waals surface area contributed by atoms with E-state index in [0.29, 0.717) is 30.6 Å². The number of fused-ring (bicyclic) bond motifs is 2. The number of aryl methyl sites for hydroxylation is 1. The summed E-state index contributed by atoms with van der Waals surface area (Å²) in [6.45, 7) is 0.793. The minimum absolute atomic E-state index is 0.0401. The van der Waals surface area contributed by atoms with Crippen molar-refractivity contribution in [1.29, 1.82) is 0 Å². The van der Waals surface area contributed by atoms with Crippen LogP contribution < -0.4 is 15.9 Å². The van der Waals surface area contributed by atoms with Crippen LogP contribution in [0.5, 0.6) is 0 Å². The molecular formula is C24H20F2N4O2. The first kappa shape index (κ1) is 20.0. The third kappa shape index (κ3) is 3.33. The zero-order chi connectivity index (χ0) is 22.4. The lowest BCUT2D eigenvalue weighted by Gasteiger charge is -2.21. The molecule has 0 saturated carbocycles. The van der Waals surface area contributed by atoms with Gasteiger partial charge in [-0.15, -0.1) is 0 Å². The maximum Gasteiger partial charge on any atom is 0.326 e. The molecule has 1 amide bonds. The number of anilines is 2. The van der Waals surface area contributed by atoms with Gasteiger partial charge in [0.15, 0.2) is 0 Å². The molecule has 3 aromatic carbocycles. The Morgan fingerprint density at radius 2 is 1.88 bits per heavy atom. The van der Waals surface area contributed by atoms with E-state index in [1.165, 1.54) is 22.8 Å². The molecule has 2 heterocycles. The second kappa shape index (κ2) is 7.64. The summed E-state index contributed by atoms with van der Waals surface area (Å²) >= 11 is 0. The number of nitrogens with one attached hydrogen (secondary N) is 2. The summed E-state index contributed by atoms with van der Waals surface area (Å²) in [6.07, 6.45) is 0.656. The summed E-state index contributed by atoms with van der Waals surface area (Å²) in [5.74, 6) is -1.44. The third-order valence-corrected chi connectivity index (χ3v) is 5.87. The number of aromatic nitrogens is 2. The van der Waals surface area contributed by atoms with Crippen molar-refractivity contribution in [2.45, 2.75) is 13.0 Å². The molecule has 1 aromatic heterocycles. The minimum Gasteiger partial charge on any atom is -0.348 e. The molecule has 5 rings (SSSR count). The molecule has 0 atom stereocenters. The van der Waals surface area contributed by atoms with E-state index in [1.54, 1.807) is 30.1 Å². The molecule has 0 radical (unpaired) electrons. The lowest BCUT2D eigenvalue weighted by Crippen LogP contribution is -2.22. The fraction of sp³-hybridized carbons (Fsp3) is 0.167. The number of para-hydroxylation sites is 1. The number of amides is 1. The number of H-pyrrole nitrogens is 1. The highest BCUT2D eigenvalue weighted by atomic mass is 19.1. The van der Waals surface area contributed by atoms with E-state index >= 15 is 0 Å². The first-order valence-corrected chi connectivity index (χ1v) is 10.2. The number of rotatable bonds is 4. The first-order chi connectivity index (χ1) is 15.4. The van der Waals surface area contributed by atoms with Crippen LogP contribution in [0.4, 0.5) is 20.2 Å². The highest BCUT2D eigenvalue weighted by Gasteiger charge is 2.25. The average Bonchev–Trinajstić information content (AvgIpc) is 3.32. The zero-order valence-corrected chi connectivity index (χ0v) is 17.3. The Hall–Kier alpha value is -3.94. The lowest BCUT2D eigenvalue weighted by atomic mass is 10.1. The number of hydrogen-bond donors (Lipinski definition) is 2. The average molecular weight is 434 g/mol. The van der Waals surface area contributed by atoms with E-state index < -0.39 is 11.6 Å². The van der Waals surface area contributed by atoms with Crippen molar-refractivity contribution in [3.05, 3.63) is 93.4 Å². The normalized spacial score (nSPS) is 12.9. The van der Waals surface area contributed by atoms with Gasteiger partial charge in [0.05, 0.1) is 11.0 Å². The maximum absolute atomic E-state index is 14.2. The molecule has 0 bridgehead atoms. The van der Waals surface area contributed by atoms with E-state index in [9.17, 15) is 18.4 Å². The Morgan fingerprint density at radius 1 is 1.09 bits per heavy atom. The molecule has 0 unspecified atom stereocenters. The Morgan fingerprint density at radius 3 is 2.66 bits per heavy atom. The van der Waals surface area contributed by atoms with Gasteiger partial charge in [0.2, 0.25) is 0 Å². The van der Waals surface area contributed by atoms with Crippen LogP contribution in [0.3, 0.4) is 0 Å². The molecule has 8 heteroatoms. The molecule has 0 fully saturated rings. The Bertz CT molecular complexity index is 1400. The molecule has 0 spiro atoms. The lowest BCUT2D eigenvalue weighted by molar-refractivity contribution is 0.0951. The first-order valence-electron chi connectivity index (χ1n) is 10.2. The van der Waals surface area contributed by atoms with Crippen LogP contribution in [0.1, 0.15) is 21.5 Å². The van der Waals surface area contributed by atoms with Gasteiger partial charge in [0, 0.05) is 31.4 Å². The molecule has 6 nitrogen and oxygen atoms in total. The van der Waals surface area contributed by atoms with Gasteiger partial charge >= 0.3 is 5.69 Å². The van der Waals surface area contributed by atoms with Gasteiger partial charge < -0.3 is 15.2 Å². The molecule has 2 N–H and O–H groups in total. The van der Waals surface area contributed by atoms with Gasteiger partial charge in [-0.1, -0.05) is 18.2 Å². The number of halogens is 2. The number of imidazole rings is 1. The van der Waals surface area contributed by atoms with Crippen LogP contribution in [0, 0.1) is 11.6 Å². The second-order valence-electron chi connectivity index (χ2n) is 7.84. The van der Waals surface area contributed by atoms with Crippen molar-refractivity contribution >= 4 is 28.3 Å². The van der Waals surface area contributed by atoms with Gasteiger partial charge in [0.1, 0.15) is 17.3 Å². The molecule has 1 aliphatic heterocycles. The van der Waals surface area contributed by atoms with Gasteiger partial charge in [-0.3, -0.25) is 9.36 Å². The van der Waals surface area contributed by atoms with E-state index in [2.05, 4.69) is 10.3 Å². The number of hydrogen-bond acceptors (Lipinski definition) is 3. The monoisotopic (exact) mass is 434 g/mol. The van der Waals surface area contributed by atoms with Crippen LogP contribution in [0.25, 0.3) is 11.0 Å². The van der Waals surface area contributed by atoms with Gasteiger partial charge in [-0.2, -0.15) is 0 Å². The highest BCUT2D eigenvalue weighted by Crippen LogP contribution is 2.37. The molecule has 1 aliphatic rings. The summed E-state index contributed by atoms with van der Waals surface area (Å²) in [7, 11) is 1.66. The van der Waals surface area contributed by atoms with E-state index in [1.807, 2.05) is 18.2 Å². The number of benzene rings is 3. The van der Waals surface area contributed by atoms with Gasteiger partial charge in [0.25, 0.3) is 5.91 Å². The predicted octanol–water partition coefficient (Wildman–Crippen LogP) is 3.77. The van der Waals surface area contributed by atoms with Gasteiger partial charge in [-0.25, -0.2) is 13.6 Å². The SMILES string of the molecule is Cn1c(=O)[nH]c2cc(C(=O)NCc3ccc4c(c3)CCN4c3c(F)cccc3F)ccc21. The Balaban J connectivity index is 1.32. The molecular weight excluding hydrogens is 414 g/mol. The van der Waals surface area contributed by atoms with Crippen LogP contribution in [0.15, 0.2) is 59.4 Å². The van der Waals surface area contributed by atoms with Crippen molar-refractivity contribution in [3.63, 3.8) is 0 Å². The predicted molar refractivity (Wildman–Crippen MR) is 118 cm³/mol. The van der Waals surface area contributed by atoms with Crippen molar-refractivity contribution in [2.24, 2.45) is 7.05 Å². The Labute approximate surface area is 182 Å². The Kier molecular flexibility index (Phi) is 4.77. The van der Waals surface area contributed by atoms with Crippen LogP contribution in [-0.2, 0) is 20.0 Å². The smallest absolute Gasteiger partial charge is 0.326 e. The number of carbonyl (C=O) groups is 1. The van der Waals surface area contributed by atoms with E-state index in [0.717, 1.165) is 22.3 Å². The molecule has 4 aromatic rings. The highest BCUT2D eigenvalue weighted by molar-refractivity contribution is 5.97. The van der Waals surface area contributed by atoms with Crippen molar-refractivity contribution in [2.75, 3.05) is 11.4 Å². The van der Waals surface area contributed by atoms with Crippen LogP contribution in [0.2, 0.25) is 0 Å². The molecule has 0 aliphatic carbocycles. The summed E-state index contributed by atoms with van der Waals surface area (Å²) in [4.78, 5) is 28.7. The van der Waals surface area contributed by atoms with Gasteiger partial charge in [-0.05, 0) is 53.9 Å². The fourth-order valence-corrected chi connectivity index (χ4v) is 4.21. The molecule has 162 valence electrons. The number of carbonyl (C=O) groups excluding carboxylic acids is 1. The van der Waals surface area contributed by atoms with Crippen LogP contribution >= 0.6 is 0 Å². The molecule has 32 heavy (non-hydrogen) atoms. The fourth-order valence-electron chi connectivity index (χ4n) is 4.21. The topological polar surface area (TPSA) is 70.1 Å². The largest absolute Gasteiger partial charge is 0.348 e. The zero-order valence-electron chi connectivity index (χ0n) is 17.3. The van der Waals surface area contributed by atoms with Crippen LogP contribution in [-0.4, -0.2) is 22.0 Å². The maximum atomic E-state index is 14.2. The van der Waals surface area contributed by atoms with E-state index in [4.69, 9.17) is 0 Å². The van der Waals surface area contributed by atoms with Crippen molar-refractivity contribution in [1.82, 2.24) is 14.9 Å². The van der Waals surface area contributed by atoms with Crippen molar-refractivity contribution < 1.29 is 13.6 Å². The molecule has 0 saturated heterocycles. The third-order valence-electron chi connectivity index (χ3n) is 5.87. The second-order valence-corrected chi connectivity index (χ2v) is 7.84. The summed E-state index contributed by atoms with van der Waals surface area (Å²) < 4.78 is 29.9. The summed E-state index contributed by atoms with van der Waals surface area (Å²) in [5, 5.41) is 2.88.